The van der Waals surface area contributed by atoms with E-state index in [1.54, 1.807) is 24.1 Å². The average molecular weight is 478 g/mol. The zero-order valence-corrected chi connectivity index (χ0v) is 19.5. The van der Waals surface area contributed by atoms with E-state index < -0.39 is 5.97 Å². The number of nitrogens with zero attached hydrogens (tertiary/aromatic N) is 2. The first kappa shape index (κ1) is 22.9. The molecular formula is C29H23N3O4. The first-order valence-electron chi connectivity index (χ1n) is 11.4. The molecule has 0 bridgehead atoms. The molecule has 7 nitrogen and oxygen atoms in total. The van der Waals surface area contributed by atoms with Gasteiger partial charge in [-0.25, -0.2) is 9.48 Å². The topological polar surface area (TPSA) is 86.2 Å². The van der Waals surface area contributed by atoms with Gasteiger partial charge < -0.3 is 14.5 Å². The van der Waals surface area contributed by atoms with Gasteiger partial charge in [-0.3, -0.25) is 4.79 Å². The lowest BCUT2D eigenvalue weighted by Crippen LogP contribution is -2.12. The molecule has 0 amide bonds. The van der Waals surface area contributed by atoms with Crippen molar-refractivity contribution in [1.82, 2.24) is 14.8 Å². The molecule has 36 heavy (non-hydrogen) atoms. The summed E-state index contributed by atoms with van der Waals surface area (Å²) in [6, 6.07) is 24.7. The van der Waals surface area contributed by atoms with Crippen LogP contribution in [0.1, 0.15) is 15.9 Å². The van der Waals surface area contributed by atoms with Gasteiger partial charge in [0.05, 0.1) is 18.5 Å². The number of methoxy groups -OCH3 is 1. The van der Waals surface area contributed by atoms with Crippen molar-refractivity contribution in [2.45, 2.75) is 0 Å². The first-order valence-corrected chi connectivity index (χ1v) is 11.4. The Balaban J connectivity index is 1.34. The van der Waals surface area contributed by atoms with Crippen LogP contribution in [0.4, 0.5) is 0 Å². The maximum atomic E-state index is 12.6. The third-order valence-electron chi connectivity index (χ3n) is 5.76. The van der Waals surface area contributed by atoms with Gasteiger partial charge in [0, 0.05) is 46.1 Å². The quantitative estimate of drug-likeness (QED) is 0.182. The number of fused-ring (bicyclic) bond motifs is 1. The number of carbonyl (C=O) groups is 2. The van der Waals surface area contributed by atoms with Crippen molar-refractivity contribution in [3.63, 3.8) is 0 Å². The molecule has 0 radical (unpaired) electrons. The van der Waals surface area contributed by atoms with Gasteiger partial charge in [0.2, 0.25) is 5.78 Å². The molecule has 5 aromatic rings. The van der Waals surface area contributed by atoms with E-state index in [9.17, 15) is 9.59 Å². The van der Waals surface area contributed by atoms with Gasteiger partial charge >= 0.3 is 5.97 Å². The molecule has 5 rings (SSSR count). The lowest BCUT2D eigenvalue weighted by molar-refractivity contribution is -0.136. The van der Waals surface area contributed by atoms with Crippen molar-refractivity contribution >= 4 is 28.7 Å². The number of ketones is 1. The molecule has 0 saturated carbocycles. The summed E-state index contributed by atoms with van der Waals surface area (Å²) in [6.45, 7) is -0.348. The SMILES string of the molecule is COc1ccc(-c2nn(-c3ccccc3)cc2C=CC(=O)OCC(=O)c2c[nH]c3ccccc23)cc1. The van der Waals surface area contributed by atoms with Crippen molar-refractivity contribution < 1.29 is 19.1 Å². The molecule has 2 aromatic heterocycles. The Kier molecular flexibility index (Phi) is 6.44. The Morgan fingerprint density at radius 2 is 1.72 bits per heavy atom. The second-order valence-corrected chi connectivity index (χ2v) is 8.05. The highest BCUT2D eigenvalue weighted by atomic mass is 16.5. The number of nitrogens with one attached hydrogen (secondary N) is 1. The van der Waals surface area contributed by atoms with E-state index >= 15 is 0 Å². The van der Waals surface area contributed by atoms with Crippen LogP contribution in [0.5, 0.6) is 5.75 Å². The van der Waals surface area contributed by atoms with E-state index in [0.717, 1.165) is 33.5 Å². The van der Waals surface area contributed by atoms with Gasteiger partial charge in [0.15, 0.2) is 6.61 Å². The molecule has 7 heteroatoms. The summed E-state index contributed by atoms with van der Waals surface area (Å²) in [5, 5.41) is 5.53. The number of hydrogen-bond donors (Lipinski definition) is 1. The summed E-state index contributed by atoms with van der Waals surface area (Å²) in [4.78, 5) is 28.1. The molecule has 0 atom stereocenters. The van der Waals surface area contributed by atoms with E-state index in [2.05, 4.69) is 4.98 Å². The minimum Gasteiger partial charge on any atom is -0.497 e. The molecule has 2 heterocycles. The molecule has 0 saturated heterocycles. The van der Waals surface area contributed by atoms with Gasteiger partial charge in [-0.15, -0.1) is 0 Å². The Morgan fingerprint density at radius 1 is 0.972 bits per heavy atom. The maximum Gasteiger partial charge on any atom is 0.331 e. The summed E-state index contributed by atoms with van der Waals surface area (Å²) < 4.78 is 12.2. The molecule has 1 N–H and O–H groups in total. The summed E-state index contributed by atoms with van der Waals surface area (Å²) >= 11 is 0. The number of Topliss-reactive ketones (excluding diaryl/α,β-unsaturated/α-hetero) is 1. The van der Waals surface area contributed by atoms with Crippen molar-refractivity contribution in [3.8, 4) is 22.7 Å². The van der Waals surface area contributed by atoms with Crippen LogP contribution < -0.4 is 4.74 Å². The maximum absolute atomic E-state index is 12.6. The van der Waals surface area contributed by atoms with Gasteiger partial charge in [-0.1, -0.05) is 36.4 Å². The largest absolute Gasteiger partial charge is 0.497 e. The summed E-state index contributed by atoms with van der Waals surface area (Å²) in [7, 11) is 1.61. The Labute approximate surface area is 207 Å². The second-order valence-electron chi connectivity index (χ2n) is 8.05. The minimum atomic E-state index is -0.615. The average Bonchev–Trinajstić information content (AvgIpc) is 3.56. The van der Waals surface area contributed by atoms with Crippen LogP contribution in [0.15, 0.2) is 97.3 Å². The van der Waals surface area contributed by atoms with Crippen LogP contribution in [-0.2, 0) is 9.53 Å². The molecule has 178 valence electrons. The standard InChI is InChI=1S/C29H23N3O4/c1-35-23-14-11-20(12-15-23)29-21(18-32(31-29)22-7-3-2-4-8-22)13-16-28(34)36-19-27(33)25-17-30-26-10-6-5-9-24(25)26/h2-18,30H,19H2,1H3. The lowest BCUT2D eigenvalue weighted by atomic mass is 10.1. The highest BCUT2D eigenvalue weighted by molar-refractivity contribution is 6.09. The fourth-order valence-electron chi connectivity index (χ4n) is 3.92. The van der Waals surface area contributed by atoms with Gasteiger partial charge in [-0.2, -0.15) is 5.10 Å². The Bertz CT molecular complexity index is 1550. The number of aromatic amines is 1. The molecule has 0 fully saturated rings. The number of carbonyl (C=O) groups excluding carboxylic acids is 2. The van der Waals surface area contributed by atoms with Crippen molar-refractivity contribution in [3.05, 3.63) is 108 Å². The van der Waals surface area contributed by atoms with Crippen LogP contribution in [0, 0.1) is 0 Å². The molecule has 0 unspecified atom stereocenters. The molecule has 0 aliphatic heterocycles. The van der Waals surface area contributed by atoms with E-state index in [4.69, 9.17) is 14.6 Å². The molecule has 0 aliphatic carbocycles. The highest BCUT2D eigenvalue weighted by Gasteiger charge is 2.14. The van der Waals surface area contributed by atoms with Crippen molar-refractivity contribution in [2.24, 2.45) is 0 Å². The summed E-state index contributed by atoms with van der Waals surface area (Å²) in [5.41, 5.74) is 4.53. The predicted octanol–water partition coefficient (Wildman–Crippen LogP) is 5.47. The fourth-order valence-corrected chi connectivity index (χ4v) is 3.92. The Morgan fingerprint density at radius 3 is 2.50 bits per heavy atom. The van der Waals surface area contributed by atoms with E-state index in [1.165, 1.54) is 6.08 Å². The van der Waals surface area contributed by atoms with Crippen LogP contribution in [0.3, 0.4) is 0 Å². The highest BCUT2D eigenvalue weighted by Crippen LogP contribution is 2.27. The number of benzene rings is 3. The number of H-pyrrole nitrogens is 1. The molecular weight excluding hydrogens is 454 g/mol. The predicted molar refractivity (Wildman–Crippen MR) is 138 cm³/mol. The van der Waals surface area contributed by atoms with Crippen LogP contribution in [0.2, 0.25) is 0 Å². The molecule has 0 aliphatic rings. The van der Waals surface area contributed by atoms with Crippen molar-refractivity contribution in [1.29, 1.82) is 0 Å². The monoisotopic (exact) mass is 477 g/mol. The van der Waals surface area contributed by atoms with E-state index in [1.807, 2.05) is 85.1 Å². The first-order chi connectivity index (χ1) is 17.6. The number of esters is 1. The third-order valence-corrected chi connectivity index (χ3v) is 5.76. The van der Waals surface area contributed by atoms with Crippen LogP contribution >= 0.6 is 0 Å². The van der Waals surface area contributed by atoms with Crippen molar-refractivity contribution in [2.75, 3.05) is 13.7 Å². The number of ether oxygens (including phenoxy) is 2. The van der Waals surface area contributed by atoms with Gasteiger partial charge in [0.1, 0.15) is 5.75 Å². The second kappa shape index (κ2) is 10.1. The zero-order valence-electron chi connectivity index (χ0n) is 19.5. The number of hydrogen-bond acceptors (Lipinski definition) is 5. The van der Waals surface area contributed by atoms with Gasteiger partial charge in [-0.05, 0) is 48.5 Å². The third kappa shape index (κ3) is 4.81. The number of aromatic nitrogens is 3. The van der Waals surface area contributed by atoms with Gasteiger partial charge in [0.25, 0.3) is 0 Å². The smallest absolute Gasteiger partial charge is 0.331 e. The zero-order chi connectivity index (χ0) is 24.9. The lowest BCUT2D eigenvalue weighted by Gasteiger charge is -2.03. The van der Waals surface area contributed by atoms with Crippen LogP contribution in [-0.4, -0.2) is 40.2 Å². The number of rotatable bonds is 8. The minimum absolute atomic E-state index is 0.273. The molecule has 3 aromatic carbocycles. The van der Waals surface area contributed by atoms with E-state index in [-0.39, 0.29) is 12.4 Å². The summed E-state index contributed by atoms with van der Waals surface area (Å²) in [5.74, 6) is -0.150. The summed E-state index contributed by atoms with van der Waals surface area (Å²) in [6.07, 6.45) is 6.43. The molecule has 0 spiro atoms. The van der Waals surface area contributed by atoms with E-state index in [0.29, 0.717) is 11.3 Å². The van der Waals surface area contributed by atoms with Crippen LogP contribution in [0.25, 0.3) is 33.9 Å². The Hall–Kier alpha value is -4.91. The number of para-hydroxylation sites is 2. The fraction of sp³-hybridized carbons (Fsp3) is 0.0690. The normalized spacial score (nSPS) is 11.1.